The van der Waals surface area contributed by atoms with Crippen molar-refractivity contribution in [1.29, 1.82) is 0 Å². The summed E-state index contributed by atoms with van der Waals surface area (Å²) in [6.07, 6.45) is -3.08. The monoisotopic (exact) mass is 344 g/mol. The standard InChI is InChI=1S/C10H18O9P2/c11-9-5-20(13,14)18-7-3-1-2-4-8(7)19-21(15,16)6-10(12)17-9/h7-9,11H,1-6H2,(H,13,14)(H,15,16). The molecule has 1 saturated heterocycles. The lowest BCUT2D eigenvalue weighted by Gasteiger charge is -2.32. The molecule has 21 heavy (non-hydrogen) atoms. The van der Waals surface area contributed by atoms with Gasteiger partial charge in [-0.1, -0.05) is 12.8 Å². The number of rotatable bonds is 0. The van der Waals surface area contributed by atoms with Crippen LogP contribution in [0.15, 0.2) is 0 Å². The molecule has 5 atom stereocenters. The van der Waals surface area contributed by atoms with Gasteiger partial charge in [0.15, 0.2) is 0 Å². The zero-order valence-corrected chi connectivity index (χ0v) is 12.9. The van der Waals surface area contributed by atoms with E-state index in [-0.39, 0.29) is 0 Å². The fourth-order valence-corrected chi connectivity index (χ4v) is 4.75. The van der Waals surface area contributed by atoms with Crippen molar-refractivity contribution in [3.8, 4) is 0 Å². The Morgan fingerprint density at radius 3 is 2.10 bits per heavy atom. The van der Waals surface area contributed by atoms with Gasteiger partial charge in [0, 0.05) is 0 Å². The minimum Gasteiger partial charge on any atom is -0.435 e. The number of carbonyl (C=O) groups is 1. The summed E-state index contributed by atoms with van der Waals surface area (Å²) in [5, 5.41) is 9.43. The molecule has 0 amide bonds. The van der Waals surface area contributed by atoms with Gasteiger partial charge in [0.25, 0.3) is 0 Å². The van der Waals surface area contributed by atoms with Crippen LogP contribution < -0.4 is 0 Å². The maximum atomic E-state index is 11.9. The van der Waals surface area contributed by atoms with Crippen molar-refractivity contribution in [2.45, 2.75) is 44.2 Å². The van der Waals surface area contributed by atoms with Gasteiger partial charge in [-0.25, -0.2) is 0 Å². The second-order valence-corrected chi connectivity index (χ2v) is 8.79. The third-order valence-electron chi connectivity index (χ3n) is 3.23. The number of carbonyl (C=O) groups excluding carboxylic acids is 1. The number of cyclic esters (lactones) is 1. The van der Waals surface area contributed by atoms with E-state index >= 15 is 0 Å². The number of esters is 1. The Kier molecular flexibility index (Phi) is 5.26. The van der Waals surface area contributed by atoms with Gasteiger partial charge < -0.3 is 28.7 Å². The molecule has 9 nitrogen and oxygen atoms in total. The molecule has 1 aliphatic heterocycles. The molecular weight excluding hydrogens is 326 g/mol. The Balaban J connectivity index is 2.25. The fourth-order valence-electron chi connectivity index (χ4n) is 2.39. The van der Waals surface area contributed by atoms with Crippen molar-refractivity contribution in [3.05, 3.63) is 0 Å². The van der Waals surface area contributed by atoms with Crippen LogP contribution >= 0.6 is 15.2 Å². The van der Waals surface area contributed by atoms with E-state index in [9.17, 15) is 28.8 Å². The van der Waals surface area contributed by atoms with Crippen molar-refractivity contribution in [2.24, 2.45) is 0 Å². The summed E-state index contributed by atoms with van der Waals surface area (Å²) < 4.78 is 38.3. The number of aliphatic hydroxyl groups is 1. The summed E-state index contributed by atoms with van der Waals surface area (Å²) in [4.78, 5) is 30.8. The maximum absolute atomic E-state index is 11.9. The van der Waals surface area contributed by atoms with E-state index in [1.807, 2.05) is 0 Å². The molecular formula is C10H18O9P2. The molecule has 2 aliphatic rings. The van der Waals surface area contributed by atoms with Crippen molar-refractivity contribution >= 4 is 21.2 Å². The van der Waals surface area contributed by atoms with Crippen molar-refractivity contribution in [2.75, 3.05) is 12.3 Å². The second-order valence-electron chi connectivity index (χ2n) is 5.13. The summed E-state index contributed by atoms with van der Waals surface area (Å²) in [5.74, 6) is -1.18. The summed E-state index contributed by atoms with van der Waals surface area (Å²) in [7, 11) is -8.49. The molecule has 1 heterocycles. The van der Waals surface area contributed by atoms with Crippen LogP contribution in [0.1, 0.15) is 25.7 Å². The lowest BCUT2D eigenvalue weighted by atomic mass is 9.95. The van der Waals surface area contributed by atoms with Crippen molar-refractivity contribution in [1.82, 2.24) is 0 Å². The molecule has 0 radical (unpaired) electrons. The highest BCUT2D eigenvalue weighted by Crippen LogP contribution is 2.51. The number of ether oxygens (including phenoxy) is 1. The Labute approximate surface area is 121 Å². The van der Waals surface area contributed by atoms with Gasteiger partial charge in [0.2, 0.25) is 6.29 Å². The highest BCUT2D eigenvalue weighted by Gasteiger charge is 2.40. The molecule has 0 spiro atoms. The smallest absolute Gasteiger partial charge is 0.339 e. The first-order valence-corrected chi connectivity index (χ1v) is 10.1. The molecule has 0 aromatic carbocycles. The van der Waals surface area contributed by atoms with Gasteiger partial charge in [0.1, 0.15) is 12.3 Å². The first-order chi connectivity index (χ1) is 9.67. The van der Waals surface area contributed by atoms with Crippen LogP contribution in [0.4, 0.5) is 0 Å². The first-order valence-electron chi connectivity index (χ1n) is 6.55. The van der Waals surface area contributed by atoms with E-state index in [1.165, 1.54) is 0 Å². The Hall–Kier alpha value is -0.270. The van der Waals surface area contributed by atoms with Gasteiger partial charge >= 0.3 is 21.2 Å². The van der Waals surface area contributed by atoms with E-state index in [2.05, 4.69) is 4.74 Å². The van der Waals surface area contributed by atoms with Gasteiger partial charge in [-0.2, -0.15) is 0 Å². The summed E-state index contributed by atoms with van der Waals surface area (Å²) in [6, 6.07) is 0. The van der Waals surface area contributed by atoms with E-state index in [0.717, 1.165) is 6.42 Å². The lowest BCUT2D eigenvalue weighted by molar-refractivity contribution is -0.161. The van der Waals surface area contributed by atoms with E-state index in [1.54, 1.807) is 0 Å². The van der Waals surface area contributed by atoms with Gasteiger partial charge in [-0.3, -0.25) is 13.9 Å². The largest absolute Gasteiger partial charge is 0.435 e. The van der Waals surface area contributed by atoms with Crippen LogP contribution in [0.5, 0.6) is 0 Å². The lowest BCUT2D eigenvalue weighted by Crippen LogP contribution is -2.34. The van der Waals surface area contributed by atoms with Crippen molar-refractivity contribution in [3.63, 3.8) is 0 Å². The van der Waals surface area contributed by atoms with E-state index in [4.69, 9.17) is 9.05 Å². The molecule has 3 N–H and O–H groups in total. The quantitative estimate of drug-likeness (QED) is 0.425. The molecule has 0 bridgehead atoms. The molecule has 11 heteroatoms. The molecule has 2 fully saturated rings. The van der Waals surface area contributed by atoms with Crippen LogP contribution in [0.25, 0.3) is 0 Å². The Bertz CT molecular complexity index is 493. The molecule has 122 valence electrons. The third-order valence-corrected chi connectivity index (χ3v) is 5.86. The van der Waals surface area contributed by atoms with Gasteiger partial charge in [0.05, 0.1) is 12.2 Å². The highest BCUT2D eigenvalue weighted by atomic mass is 31.2. The van der Waals surface area contributed by atoms with Crippen LogP contribution in [0, 0.1) is 0 Å². The van der Waals surface area contributed by atoms with E-state index < -0.39 is 52.0 Å². The highest BCUT2D eigenvalue weighted by molar-refractivity contribution is 7.54. The normalized spacial score (nSPS) is 46.0. The van der Waals surface area contributed by atoms with Crippen LogP contribution in [-0.2, 0) is 27.7 Å². The molecule has 1 aliphatic carbocycles. The zero-order valence-electron chi connectivity index (χ0n) is 11.2. The predicted octanol–water partition coefficient (Wildman–Crippen LogP) is 0.577. The Morgan fingerprint density at radius 1 is 1.00 bits per heavy atom. The van der Waals surface area contributed by atoms with Gasteiger partial charge in [-0.05, 0) is 12.8 Å². The topological polar surface area (TPSA) is 140 Å². The van der Waals surface area contributed by atoms with Gasteiger partial charge in [-0.15, -0.1) is 0 Å². The number of aliphatic hydroxyl groups excluding tert-OH is 1. The molecule has 2 rings (SSSR count). The summed E-state index contributed by atoms with van der Waals surface area (Å²) in [6.45, 7) is 0. The predicted molar refractivity (Wildman–Crippen MR) is 69.7 cm³/mol. The second kappa shape index (κ2) is 6.46. The first kappa shape index (κ1) is 17.1. The average molecular weight is 344 g/mol. The maximum Gasteiger partial charge on any atom is 0.339 e. The van der Waals surface area contributed by atoms with Crippen molar-refractivity contribution < 1.29 is 42.6 Å². The van der Waals surface area contributed by atoms with Crippen LogP contribution in [0.2, 0.25) is 0 Å². The molecule has 0 aromatic rings. The third kappa shape index (κ3) is 5.14. The number of hydrogen-bond donors (Lipinski definition) is 3. The number of hydrogen-bond acceptors (Lipinski definition) is 7. The van der Waals surface area contributed by atoms with Crippen LogP contribution in [0.3, 0.4) is 0 Å². The average Bonchev–Trinajstić information content (AvgIpc) is 2.28. The fraction of sp³-hybridized carbons (Fsp3) is 0.900. The minimum absolute atomic E-state index is 0.382. The summed E-state index contributed by atoms with van der Waals surface area (Å²) >= 11 is 0. The summed E-state index contributed by atoms with van der Waals surface area (Å²) in [5.41, 5.74) is 0. The molecule has 5 unspecified atom stereocenters. The molecule has 1 saturated carbocycles. The molecule has 0 aromatic heterocycles. The zero-order chi connectivity index (χ0) is 15.7. The van der Waals surface area contributed by atoms with Crippen LogP contribution in [-0.4, -0.2) is 51.7 Å². The van der Waals surface area contributed by atoms with E-state index in [0.29, 0.717) is 19.3 Å². The number of fused-ring (bicyclic) bond motifs is 1. The Morgan fingerprint density at radius 2 is 1.52 bits per heavy atom. The SMILES string of the molecule is O=C1CP(=O)(O)OC2CCCCC2OP(=O)(O)CC(O)O1. The minimum atomic E-state index is -4.27.